The molecule has 16 heavy (non-hydrogen) atoms. The van der Waals surface area contributed by atoms with Crippen LogP contribution < -0.4 is 11.1 Å². The summed E-state index contributed by atoms with van der Waals surface area (Å²) in [5.74, 6) is 0. The van der Waals surface area contributed by atoms with Gasteiger partial charge in [0, 0.05) is 17.8 Å². The van der Waals surface area contributed by atoms with Gasteiger partial charge < -0.3 is 11.1 Å². The number of rotatable bonds is 2. The molecule has 88 valence electrons. The molecule has 2 heteroatoms. The van der Waals surface area contributed by atoms with Gasteiger partial charge in [-0.3, -0.25) is 0 Å². The molecule has 0 bridgehead atoms. The van der Waals surface area contributed by atoms with Crippen LogP contribution in [0.4, 0.5) is 5.69 Å². The van der Waals surface area contributed by atoms with Crippen molar-refractivity contribution in [3.8, 4) is 0 Å². The normalized spacial score (nSPS) is 24.8. The minimum Gasteiger partial charge on any atom is -0.381 e. The molecule has 0 amide bonds. The van der Waals surface area contributed by atoms with E-state index in [1.54, 1.807) is 0 Å². The summed E-state index contributed by atoms with van der Waals surface area (Å²) in [7, 11) is 0. The highest BCUT2D eigenvalue weighted by Gasteiger charge is 2.23. The smallest absolute Gasteiger partial charge is 0.0412 e. The Labute approximate surface area is 98.2 Å². The number of hydrogen-bond donors (Lipinski definition) is 2. The van der Waals surface area contributed by atoms with Crippen LogP contribution in [0.3, 0.4) is 0 Å². The van der Waals surface area contributed by atoms with E-state index in [0.29, 0.717) is 12.1 Å². The maximum absolute atomic E-state index is 6.08. The van der Waals surface area contributed by atoms with Crippen molar-refractivity contribution in [1.82, 2.24) is 0 Å². The van der Waals surface area contributed by atoms with Crippen molar-refractivity contribution in [2.75, 3.05) is 5.32 Å². The lowest BCUT2D eigenvalue weighted by atomic mass is 10.0. The van der Waals surface area contributed by atoms with Crippen LogP contribution in [0.5, 0.6) is 0 Å². The van der Waals surface area contributed by atoms with E-state index >= 15 is 0 Å². The Bertz CT molecular complexity index is 385. The molecule has 1 aromatic rings. The Morgan fingerprint density at radius 1 is 1.12 bits per heavy atom. The van der Waals surface area contributed by atoms with Gasteiger partial charge >= 0.3 is 0 Å². The molecule has 0 spiro atoms. The fourth-order valence-electron chi connectivity index (χ4n) is 2.48. The molecular weight excluding hydrogens is 196 g/mol. The number of benzene rings is 1. The molecule has 1 saturated carbocycles. The summed E-state index contributed by atoms with van der Waals surface area (Å²) in [6.45, 7) is 6.53. The zero-order chi connectivity index (χ0) is 11.7. The van der Waals surface area contributed by atoms with Gasteiger partial charge in [0.2, 0.25) is 0 Å². The molecule has 2 atom stereocenters. The number of aryl methyl sites for hydroxylation is 1. The molecule has 2 unspecified atom stereocenters. The van der Waals surface area contributed by atoms with E-state index in [4.69, 9.17) is 5.73 Å². The Balaban J connectivity index is 2.18. The summed E-state index contributed by atoms with van der Waals surface area (Å²) in [5, 5.41) is 3.60. The van der Waals surface area contributed by atoms with E-state index in [1.807, 2.05) is 0 Å². The summed E-state index contributed by atoms with van der Waals surface area (Å²) in [5.41, 5.74) is 11.4. The third kappa shape index (κ3) is 2.07. The zero-order valence-electron chi connectivity index (χ0n) is 10.5. The van der Waals surface area contributed by atoms with Gasteiger partial charge in [-0.2, -0.15) is 0 Å². The van der Waals surface area contributed by atoms with Crippen molar-refractivity contribution in [1.29, 1.82) is 0 Å². The van der Waals surface area contributed by atoms with Crippen molar-refractivity contribution in [3.63, 3.8) is 0 Å². The first-order chi connectivity index (χ1) is 7.59. The van der Waals surface area contributed by atoms with Crippen molar-refractivity contribution in [2.45, 2.75) is 52.1 Å². The van der Waals surface area contributed by atoms with Crippen LogP contribution in [-0.4, -0.2) is 12.1 Å². The Morgan fingerprint density at radius 2 is 1.88 bits per heavy atom. The fourth-order valence-corrected chi connectivity index (χ4v) is 2.48. The summed E-state index contributed by atoms with van der Waals surface area (Å²) in [4.78, 5) is 0. The predicted octanol–water partition coefficient (Wildman–Crippen LogP) is 2.90. The SMILES string of the molecule is Cc1ccc(NC2CCCC2N)c(C)c1C. The maximum atomic E-state index is 6.08. The molecule has 1 aliphatic carbocycles. The van der Waals surface area contributed by atoms with Gasteiger partial charge in [-0.25, -0.2) is 0 Å². The topological polar surface area (TPSA) is 38.0 Å². The van der Waals surface area contributed by atoms with Crippen LogP contribution >= 0.6 is 0 Å². The standard InChI is InChI=1S/C14H22N2/c1-9-7-8-13(11(3)10(9)2)16-14-6-4-5-12(14)15/h7-8,12,14,16H,4-6,15H2,1-3H3. The highest BCUT2D eigenvalue weighted by atomic mass is 15.0. The van der Waals surface area contributed by atoms with Gasteiger partial charge in [-0.05, 0) is 62.8 Å². The monoisotopic (exact) mass is 218 g/mol. The van der Waals surface area contributed by atoms with Crippen molar-refractivity contribution < 1.29 is 0 Å². The molecule has 3 N–H and O–H groups in total. The van der Waals surface area contributed by atoms with Crippen LogP contribution in [0.2, 0.25) is 0 Å². The molecule has 2 rings (SSSR count). The van der Waals surface area contributed by atoms with E-state index in [0.717, 1.165) is 6.42 Å². The average molecular weight is 218 g/mol. The number of nitrogens with one attached hydrogen (secondary N) is 1. The molecule has 0 aromatic heterocycles. The molecular formula is C14H22N2. The third-order valence-electron chi connectivity index (χ3n) is 3.97. The van der Waals surface area contributed by atoms with E-state index in [-0.39, 0.29) is 0 Å². The third-order valence-corrected chi connectivity index (χ3v) is 3.97. The van der Waals surface area contributed by atoms with E-state index in [2.05, 4.69) is 38.2 Å². The van der Waals surface area contributed by atoms with Crippen LogP contribution in [0.15, 0.2) is 12.1 Å². The molecule has 0 radical (unpaired) electrons. The Morgan fingerprint density at radius 3 is 2.50 bits per heavy atom. The second kappa shape index (κ2) is 4.46. The van der Waals surface area contributed by atoms with Gasteiger partial charge in [-0.1, -0.05) is 6.07 Å². The lowest BCUT2D eigenvalue weighted by molar-refractivity contribution is 0.637. The highest BCUT2D eigenvalue weighted by molar-refractivity contribution is 5.56. The van der Waals surface area contributed by atoms with Crippen molar-refractivity contribution >= 4 is 5.69 Å². The fraction of sp³-hybridized carbons (Fsp3) is 0.571. The molecule has 0 heterocycles. The highest BCUT2D eigenvalue weighted by Crippen LogP contribution is 2.26. The van der Waals surface area contributed by atoms with E-state index in [1.165, 1.54) is 35.2 Å². The number of hydrogen-bond acceptors (Lipinski definition) is 2. The molecule has 0 saturated heterocycles. The summed E-state index contributed by atoms with van der Waals surface area (Å²) in [6, 6.07) is 5.15. The zero-order valence-corrected chi connectivity index (χ0v) is 10.5. The van der Waals surface area contributed by atoms with Gasteiger partial charge in [-0.15, -0.1) is 0 Å². The number of nitrogens with two attached hydrogens (primary N) is 1. The first-order valence-electron chi connectivity index (χ1n) is 6.18. The van der Waals surface area contributed by atoms with Crippen LogP contribution in [0, 0.1) is 20.8 Å². The van der Waals surface area contributed by atoms with E-state index in [9.17, 15) is 0 Å². The lowest BCUT2D eigenvalue weighted by Gasteiger charge is -2.21. The van der Waals surface area contributed by atoms with Gasteiger partial charge in [0.25, 0.3) is 0 Å². The quantitative estimate of drug-likeness (QED) is 0.801. The molecule has 2 nitrogen and oxygen atoms in total. The van der Waals surface area contributed by atoms with Gasteiger partial charge in [0.05, 0.1) is 0 Å². The molecule has 1 fully saturated rings. The first-order valence-corrected chi connectivity index (χ1v) is 6.18. The molecule has 1 aliphatic rings. The van der Waals surface area contributed by atoms with Crippen LogP contribution in [0.1, 0.15) is 36.0 Å². The largest absolute Gasteiger partial charge is 0.381 e. The molecule has 0 aliphatic heterocycles. The van der Waals surface area contributed by atoms with Crippen LogP contribution in [-0.2, 0) is 0 Å². The van der Waals surface area contributed by atoms with Crippen LogP contribution in [0.25, 0.3) is 0 Å². The lowest BCUT2D eigenvalue weighted by Crippen LogP contribution is -2.35. The molecule has 1 aromatic carbocycles. The van der Waals surface area contributed by atoms with Crippen molar-refractivity contribution in [2.24, 2.45) is 5.73 Å². The first kappa shape index (κ1) is 11.5. The van der Waals surface area contributed by atoms with Gasteiger partial charge in [0.1, 0.15) is 0 Å². The Kier molecular flexibility index (Phi) is 3.20. The number of anilines is 1. The minimum absolute atomic E-state index is 0.320. The maximum Gasteiger partial charge on any atom is 0.0412 e. The summed E-state index contributed by atoms with van der Waals surface area (Å²) in [6.07, 6.45) is 3.61. The predicted molar refractivity (Wildman–Crippen MR) is 69.9 cm³/mol. The second-order valence-electron chi connectivity index (χ2n) is 5.03. The summed E-state index contributed by atoms with van der Waals surface area (Å²) >= 11 is 0. The van der Waals surface area contributed by atoms with Gasteiger partial charge in [0.15, 0.2) is 0 Å². The Hall–Kier alpha value is -1.02. The van der Waals surface area contributed by atoms with E-state index < -0.39 is 0 Å². The average Bonchev–Trinajstić information content (AvgIpc) is 2.65. The second-order valence-corrected chi connectivity index (χ2v) is 5.03. The summed E-state index contributed by atoms with van der Waals surface area (Å²) < 4.78 is 0. The van der Waals surface area contributed by atoms with Crippen molar-refractivity contribution in [3.05, 3.63) is 28.8 Å². The minimum atomic E-state index is 0.320.